The summed E-state index contributed by atoms with van der Waals surface area (Å²) < 4.78 is 17.0. The highest BCUT2D eigenvalue weighted by Crippen LogP contribution is 2.17. The molecule has 20 heavy (non-hydrogen) atoms. The fraction of sp³-hybridized carbons (Fsp3) is 0.571. The lowest BCUT2D eigenvalue weighted by molar-refractivity contribution is 0.0887. The molecular weight excluding hydrogens is 272 g/mol. The summed E-state index contributed by atoms with van der Waals surface area (Å²) in [5, 5.41) is 3.10. The molecular formula is C14H26N2O3Si. The number of rotatable bonds is 10. The first-order chi connectivity index (χ1) is 9.65. The summed E-state index contributed by atoms with van der Waals surface area (Å²) in [7, 11) is 0.639. The van der Waals surface area contributed by atoms with Crippen LogP contribution in [0.3, 0.4) is 0 Å². The van der Waals surface area contributed by atoms with Gasteiger partial charge in [-0.3, -0.25) is 0 Å². The van der Waals surface area contributed by atoms with Crippen molar-refractivity contribution in [3.63, 3.8) is 0 Å². The van der Waals surface area contributed by atoms with Crippen LogP contribution in [0.1, 0.15) is 12.5 Å². The minimum absolute atomic E-state index is 0.200. The molecule has 0 amide bonds. The minimum atomic E-state index is -2.64. The van der Waals surface area contributed by atoms with E-state index in [4.69, 9.17) is 19.0 Å². The van der Waals surface area contributed by atoms with E-state index < -0.39 is 8.80 Å². The van der Waals surface area contributed by atoms with Crippen LogP contribution in [-0.2, 0) is 19.7 Å². The van der Waals surface area contributed by atoms with Gasteiger partial charge in [0.15, 0.2) is 0 Å². The van der Waals surface area contributed by atoms with Crippen LogP contribution >= 0.6 is 0 Å². The Morgan fingerprint density at radius 3 is 2.40 bits per heavy atom. The van der Waals surface area contributed by atoms with Crippen LogP contribution in [0.5, 0.6) is 0 Å². The van der Waals surface area contributed by atoms with E-state index >= 15 is 0 Å². The first-order valence-corrected chi connectivity index (χ1v) is 8.86. The van der Waals surface area contributed by atoms with Gasteiger partial charge in [0.1, 0.15) is 0 Å². The maximum absolute atomic E-state index is 5.88. The average molecular weight is 298 g/mol. The van der Waals surface area contributed by atoms with Gasteiger partial charge in [0.25, 0.3) is 0 Å². The Bertz CT molecular complexity index is 361. The zero-order chi connectivity index (χ0) is 14.8. The smallest absolute Gasteiger partial charge is 0.377 e. The monoisotopic (exact) mass is 298 g/mol. The topological polar surface area (TPSA) is 65.7 Å². The summed E-state index contributed by atoms with van der Waals surface area (Å²) in [6.07, 6.45) is 0.666. The first kappa shape index (κ1) is 17.3. The quantitative estimate of drug-likeness (QED) is 0.504. The van der Waals surface area contributed by atoms with Gasteiger partial charge in [-0.25, -0.2) is 0 Å². The fourth-order valence-electron chi connectivity index (χ4n) is 1.96. The molecule has 0 aliphatic heterocycles. The number of hydrogen-bond donors (Lipinski definition) is 2. The highest BCUT2D eigenvalue weighted by Gasteiger charge is 2.38. The molecule has 0 bridgehead atoms. The summed E-state index contributed by atoms with van der Waals surface area (Å²) in [6.45, 7) is 3.20. The van der Waals surface area contributed by atoms with E-state index in [2.05, 4.69) is 17.4 Å². The lowest BCUT2D eigenvalue weighted by Crippen LogP contribution is -2.50. The fourth-order valence-corrected chi connectivity index (χ4v) is 3.94. The van der Waals surface area contributed by atoms with Crippen LogP contribution < -0.4 is 11.1 Å². The molecule has 0 aliphatic carbocycles. The van der Waals surface area contributed by atoms with Crippen LogP contribution in [0.25, 0.3) is 0 Å². The summed E-state index contributed by atoms with van der Waals surface area (Å²) in [6, 6.07) is 11.0. The summed E-state index contributed by atoms with van der Waals surface area (Å²) >= 11 is 0. The zero-order valence-corrected chi connectivity index (χ0v) is 13.6. The predicted octanol–water partition coefficient (Wildman–Crippen LogP) is 1.37. The molecule has 5 nitrogen and oxygen atoms in total. The van der Waals surface area contributed by atoms with Gasteiger partial charge in [0, 0.05) is 20.3 Å². The van der Waals surface area contributed by atoms with Crippen molar-refractivity contribution in [2.24, 2.45) is 5.73 Å². The van der Waals surface area contributed by atoms with Crippen molar-refractivity contribution in [3.8, 4) is 0 Å². The van der Waals surface area contributed by atoms with Crippen molar-refractivity contribution < 1.29 is 13.3 Å². The number of nitrogens with one attached hydrogen (secondary N) is 1. The normalized spacial score (nSPS) is 13.4. The van der Waals surface area contributed by atoms with Crippen molar-refractivity contribution in [2.75, 3.05) is 27.4 Å². The van der Waals surface area contributed by atoms with Crippen molar-refractivity contribution in [1.29, 1.82) is 0 Å². The Morgan fingerprint density at radius 2 is 1.85 bits per heavy atom. The van der Waals surface area contributed by atoms with Gasteiger partial charge >= 0.3 is 8.80 Å². The number of nitrogens with two attached hydrogens (primary N) is 1. The highest BCUT2D eigenvalue weighted by molar-refractivity contribution is 6.60. The molecule has 0 heterocycles. The van der Waals surface area contributed by atoms with E-state index in [1.807, 2.05) is 25.1 Å². The predicted molar refractivity (Wildman–Crippen MR) is 82.3 cm³/mol. The molecule has 1 rings (SSSR count). The molecule has 1 aromatic carbocycles. The van der Waals surface area contributed by atoms with Crippen LogP contribution in [0.15, 0.2) is 30.3 Å². The van der Waals surface area contributed by atoms with Crippen LogP contribution in [0, 0.1) is 0 Å². The van der Waals surface area contributed by atoms with E-state index in [0.29, 0.717) is 6.61 Å². The summed E-state index contributed by atoms with van der Waals surface area (Å²) in [5.74, 6) is 0. The van der Waals surface area contributed by atoms with Crippen molar-refractivity contribution in [3.05, 3.63) is 35.9 Å². The van der Waals surface area contributed by atoms with Gasteiger partial charge in [-0.1, -0.05) is 37.3 Å². The molecule has 0 aromatic heterocycles. The van der Waals surface area contributed by atoms with E-state index in [1.165, 1.54) is 5.56 Å². The lowest BCUT2D eigenvalue weighted by atomic mass is 10.2. The Hall–Kier alpha value is -0.763. The van der Waals surface area contributed by atoms with Gasteiger partial charge in [-0.05, 0) is 18.5 Å². The van der Waals surface area contributed by atoms with Crippen LogP contribution in [-0.4, -0.2) is 42.3 Å². The third-order valence-electron chi connectivity index (χ3n) is 3.13. The maximum atomic E-state index is 5.88. The second-order valence-corrected chi connectivity index (χ2v) is 7.52. The molecule has 1 unspecified atom stereocenters. The molecule has 3 N–H and O–H groups in total. The van der Waals surface area contributed by atoms with Gasteiger partial charge < -0.3 is 24.3 Å². The molecule has 6 heteroatoms. The third-order valence-corrected chi connectivity index (χ3v) is 5.85. The standard InChI is InChI=1S/C14H26N2O3Si/c1-4-16-14(15)12-19-20(17-2,18-3)11-10-13-8-6-5-7-9-13/h5-9,14,16H,4,10-12,15H2,1-3H3. The largest absolute Gasteiger partial charge is 0.500 e. The number of aryl methyl sites for hydroxylation is 1. The molecule has 0 fully saturated rings. The van der Waals surface area contributed by atoms with E-state index in [1.54, 1.807) is 14.2 Å². The van der Waals surface area contributed by atoms with Crippen molar-refractivity contribution in [1.82, 2.24) is 5.32 Å². The third kappa shape index (κ3) is 5.70. The molecule has 114 valence electrons. The Kier molecular flexibility index (Phi) is 7.97. The second-order valence-electron chi connectivity index (χ2n) is 4.55. The van der Waals surface area contributed by atoms with Gasteiger partial charge in [-0.2, -0.15) is 0 Å². The van der Waals surface area contributed by atoms with Crippen molar-refractivity contribution >= 4 is 8.80 Å². The van der Waals surface area contributed by atoms with E-state index in [9.17, 15) is 0 Å². The lowest BCUT2D eigenvalue weighted by Gasteiger charge is -2.28. The summed E-state index contributed by atoms with van der Waals surface area (Å²) in [5.41, 5.74) is 7.13. The highest BCUT2D eigenvalue weighted by atomic mass is 28.4. The Labute approximate surface area is 122 Å². The first-order valence-electron chi connectivity index (χ1n) is 6.93. The minimum Gasteiger partial charge on any atom is -0.377 e. The molecule has 1 aromatic rings. The van der Waals surface area contributed by atoms with Gasteiger partial charge in [-0.15, -0.1) is 0 Å². The molecule has 0 saturated heterocycles. The van der Waals surface area contributed by atoms with Crippen LogP contribution in [0.2, 0.25) is 6.04 Å². The number of hydrogen-bond acceptors (Lipinski definition) is 5. The SMILES string of the molecule is CCNC(N)CO[Si](CCc1ccccc1)(OC)OC. The molecule has 1 atom stereocenters. The average Bonchev–Trinajstić information content (AvgIpc) is 2.49. The van der Waals surface area contributed by atoms with Crippen LogP contribution in [0.4, 0.5) is 0 Å². The number of likely N-dealkylation sites (N-methyl/N-ethyl adjacent to an activating group) is 1. The molecule has 0 saturated carbocycles. The van der Waals surface area contributed by atoms with E-state index in [0.717, 1.165) is 19.0 Å². The Morgan fingerprint density at radius 1 is 1.20 bits per heavy atom. The molecule has 0 spiro atoms. The van der Waals surface area contributed by atoms with Gasteiger partial charge in [0.2, 0.25) is 0 Å². The second kappa shape index (κ2) is 9.22. The van der Waals surface area contributed by atoms with E-state index in [-0.39, 0.29) is 6.17 Å². The zero-order valence-electron chi connectivity index (χ0n) is 12.6. The summed E-state index contributed by atoms with van der Waals surface area (Å²) in [4.78, 5) is 0. The Balaban J connectivity index is 2.52. The van der Waals surface area contributed by atoms with Crippen molar-refractivity contribution in [2.45, 2.75) is 25.6 Å². The molecule has 0 radical (unpaired) electrons. The van der Waals surface area contributed by atoms with Gasteiger partial charge in [0.05, 0.1) is 12.8 Å². The number of benzene rings is 1. The molecule has 0 aliphatic rings. The maximum Gasteiger partial charge on any atom is 0.500 e.